The van der Waals surface area contributed by atoms with Gasteiger partial charge in [-0.25, -0.2) is 4.39 Å². The number of nitrogens with one attached hydrogen (secondary N) is 1. The van der Waals surface area contributed by atoms with Gasteiger partial charge in [-0.05, 0) is 56.0 Å². The molecule has 1 aromatic carbocycles. The van der Waals surface area contributed by atoms with Gasteiger partial charge in [0.05, 0.1) is 6.10 Å². The highest BCUT2D eigenvalue weighted by atomic mass is 19.1. The molecule has 0 saturated carbocycles. The predicted octanol–water partition coefficient (Wildman–Crippen LogP) is 3.47. The topological polar surface area (TPSA) is 21.3 Å². The molecule has 112 valence electrons. The van der Waals surface area contributed by atoms with Crippen molar-refractivity contribution in [1.82, 2.24) is 5.32 Å². The average Bonchev–Trinajstić information content (AvgIpc) is 2.89. The van der Waals surface area contributed by atoms with Gasteiger partial charge in [0.25, 0.3) is 0 Å². The maximum Gasteiger partial charge on any atom is 0.123 e. The zero-order valence-corrected chi connectivity index (χ0v) is 12.8. The molecule has 0 bridgehead atoms. The van der Waals surface area contributed by atoms with Crippen molar-refractivity contribution in [3.8, 4) is 0 Å². The molecule has 1 heterocycles. The lowest BCUT2D eigenvalue weighted by atomic mass is 9.86. The van der Waals surface area contributed by atoms with Crippen LogP contribution in [-0.2, 0) is 11.2 Å². The number of benzene rings is 1. The van der Waals surface area contributed by atoms with Gasteiger partial charge in [0.2, 0.25) is 0 Å². The van der Waals surface area contributed by atoms with E-state index in [4.69, 9.17) is 4.74 Å². The summed E-state index contributed by atoms with van der Waals surface area (Å²) in [4.78, 5) is 0. The summed E-state index contributed by atoms with van der Waals surface area (Å²) in [6, 6.07) is 5.52. The second kappa shape index (κ2) is 7.19. The first-order chi connectivity index (χ1) is 9.65. The molecule has 0 spiro atoms. The summed E-state index contributed by atoms with van der Waals surface area (Å²) in [5.41, 5.74) is 2.28. The summed E-state index contributed by atoms with van der Waals surface area (Å²) in [7, 11) is 0. The van der Waals surface area contributed by atoms with E-state index in [1.54, 1.807) is 12.1 Å². The van der Waals surface area contributed by atoms with Crippen LogP contribution in [0.15, 0.2) is 18.2 Å². The molecular weight excluding hydrogens is 253 g/mol. The Kier molecular flexibility index (Phi) is 5.55. The van der Waals surface area contributed by atoms with E-state index >= 15 is 0 Å². The molecule has 0 aliphatic carbocycles. The normalized spacial score (nSPS) is 24.0. The van der Waals surface area contributed by atoms with E-state index in [2.05, 4.69) is 19.2 Å². The molecule has 20 heavy (non-hydrogen) atoms. The summed E-state index contributed by atoms with van der Waals surface area (Å²) in [5, 5.41) is 3.61. The van der Waals surface area contributed by atoms with Crippen LogP contribution >= 0.6 is 0 Å². The second-order valence-corrected chi connectivity index (χ2v) is 5.71. The fourth-order valence-electron chi connectivity index (χ4n) is 3.31. The first-order valence-electron chi connectivity index (χ1n) is 7.75. The van der Waals surface area contributed by atoms with Gasteiger partial charge < -0.3 is 10.1 Å². The van der Waals surface area contributed by atoms with Crippen LogP contribution in [0.1, 0.15) is 37.8 Å². The predicted molar refractivity (Wildman–Crippen MR) is 80.4 cm³/mol. The van der Waals surface area contributed by atoms with Crippen molar-refractivity contribution in [3.63, 3.8) is 0 Å². The SMILES string of the molecule is CCNC(Cc1ccc(F)cc1C)C1CCOC1CC. The van der Waals surface area contributed by atoms with E-state index in [-0.39, 0.29) is 5.82 Å². The number of aryl methyl sites for hydroxylation is 1. The summed E-state index contributed by atoms with van der Waals surface area (Å²) < 4.78 is 19.0. The Morgan fingerprint density at radius 3 is 2.85 bits per heavy atom. The first kappa shape index (κ1) is 15.5. The fraction of sp³-hybridized carbons (Fsp3) is 0.647. The third-order valence-corrected chi connectivity index (χ3v) is 4.39. The Morgan fingerprint density at radius 2 is 2.20 bits per heavy atom. The highest BCUT2D eigenvalue weighted by Gasteiger charge is 2.33. The molecule has 2 nitrogen and oxygen atoms in total. The molecule has 1 aliphatic heterocycles. The number of halogens is 1. The molecule has 1 N–H and O–H groups in total. The van der Waals surface area contributed by atoms with Crippen molar-refractivity contribution in [2.75, 3.05) is 13.2 Å². The number of rotatable bonds is 6. The van der Waals surface area contributed by atoms with Gasteiger partial charge in [0.1, 0.15) is 5.82 Å². The van der Waals surface area contributed by atoms with Crippen LogP contribution in [0.4, 0.5) is 4.39 Å². The van der Waals surface area contributed by atoms with Crippen LogP contribution in [0.25, 0.3) is 0 Å². The minimum absolute atomic E-state index is 0.151. The molecular formula is C17H26FNO. The number of hydrogen-bond acceptors (Lipinski definition) is 2. The number of likely N-dealkylation sites (N-methyl/N-ethyl adjacent to an activating group) is 1. The highest BCUT2D eigenvalue weighted by molar-refractivity contribution is 5.27. The molecule has 3 heteroatoms. The van der Waals surface area contributed by atoms with Crippen molar-refractivity contribution >= 4 is 0 Å². The molecule has 1 fully saturated rings. The van der Waals surface area contributed by atoms with Gasteiger partial charge >= 0.3 is 0 Å². The van der Waals surface area contributed by atoms with Crippen LogP contribution in [0, 0.1) is 18.7 Å². The maximum absolute atomic E-state index is 13.2. The van der Waals surface area contributed by atoms with E-state index in [0.717, 1.165) is 38.0 Å². The Hall–Kier alpha value is -0.930. The van der Waals surface area contributed by atoms with Crippen molar-refractivity contribution < 1.29 is 9.13 Å². The number of ether oxygens (including phenoxy) is 1. The van der Waals surface area contributed by atoms with E-state index in [1.807, 2.05) is 13.0 Å². The monoisotopic (exact) mass is 279 g/mol. The molecule has 0 aromatic heterocycles. The van der Waals surface area contributed by atoms with Gasteiger partial charge in [-0.3, -0.25) is 0 Å². The minimum atomic E-state index is -0.151. The van der Waals surface area contributed by atoms with Crippen LogP contribution < -0.4 is 5.32 Å². The molecule has 1 aromatic rings. The molecule has 0 amide bonds. The Bertz CT molecular complexity index is 435. The maximum atomic E-state index is 13.2. The minimum Gasteiger partial charge on any atom is -0.378 e. The third kappa shape index (κ3) is 3.58. The van der Waals surface area contributed by atoms with E-state index in [9.17, 15) is 4.39 Å². The van der Waals surface area contributed by atoms with Crippen LogP contribution in [-0.4, -0.2) is 25.3 Å². The van der Waals surface area contributed by atoms with Crippen molar-refractivity contribution in [2.24, 2.45) is 5.92 Å². The van der Waals surface area contributed by atoms with E-state index in [1.165, 1.54) is 5.56 Å². The van der Waals surface area contributed by atoms with Gasteiger partial charge in [-0.15, -0.1) is 0 Å². The molecule has 1 aliphatic rings. The smallest absolute Gasteiger partial charge is 0.123 e. The zero-order chi connectivity index (χ0) is 14.5. The quantitative estimate of drug-likeness (QED) is 0.861. The van der Waals surface area contributed by atoms with Crippen molar-refractivity contribution in [2.45, 2.75) is 52.2 Å². The Balaban J connectivity index is 2.12. The Labute approximate surface area is 121 Å². The molecule has 2 rings (SSSR count). The summed E-state index contributed by atoms with van der Waals surface area (Å²) in [5.74, 6) is 0.409. The van der Waals surface area contributed by atoms with E-state index < -0.39 is 0 Å². The highest BCUT2D eigenvalue weighted by Crippen LogP contribution is 2.28. The summed E-state index contributed by atoms with van der Waals surface area (Å²) in [6.07, 6.45) is 3.50. The second-order valence-electron chi connectivity index (χ2n) is 5.71. The molecule has 0 radical (unpaired) electrons. The van der Waals surface area contributed by atoms with Crippen molar-refractivity contribution in [1.29, 1.82) is 0 Å². The third-order valence-electron chi connectivity index (χ3n) is 4.39. The van der Waals surface area contributed by atoms with Crippen LogP contribution in [0.2, 0.25) is 0 Å². The molecule has 3 unspecified atom stereocenters. The first-order valence-corrected chi connectivity index (χ1v) is 7.75. The van der Waals surface area contributed by atoms with Gasteiger partial charge in [-0.2, -0.15) is 0 Å². The fourth-order valence-corrected chi connectivity index (χ4v) is 3.31. The summed E-state index contributed by atoms with van der Waals surface area (Å²) in [6.45, 7) is 8.14. The van der Waals surface area contributed by atoms with E-state index in [0.29, 0.717) is 18.1 Å². The lowest BCUT2D eigenvalue weighted by Gasteiger charge is -2.28. The van der Waals surface area contributed by atoms with Gasteiger partial charge in [0.15, 0.2) is 0 Å². The lowest BCUT2D eigenvalue weighted by molar-refractivity contribution is 0.0776. The number of hydrogen-bond donors (Lipinski definition) is 1. The van der Waals surface area contributed by atoms with Gasteiger partial charge in [-0.1, -0.05) is 19.9 Å². The summed E-state index contributed by atoms with van der Waals surface area (Å²) >= 11 is 0. The molecule has 1 saturated heterocycles. The van der Waals surface area contributed by atoms with Gasteiger partial charge in [0, 0.05) is 18.6 Å². The van der Waals surface area contributed by atoms with Crippen LogP contribution in [0.3, 0.4) is 0 Å². The lowest BCUT2D eigenvalue weighted by Crippen LogP contribution is -2.41. The zero-order valence-electron chi connectivity index (χ0n) is 12.8. The largest absolute Gasteiger partial charge is 0.378 e. The van der Waals surface area contributed by atoms with Crippen molar-refractivity contribution in [3.05, 3.63) is 35.1 Å². The Morgan fingerprint density at radius 1 is 1.40 bits per heavy atom. The molecule has 3 atom stereocenters. The average molecular weight is 279 g/mol. The standard InChI is InChI=1S/C17H26FNO/c1-4-17-15(8-9-20-17)16(19-5-2)11-13-6-7-14(18)10-12(13)3/h6-7,10,15-17,19H,4-5,8-9,11H2,1-3H3. The van der Waals surface area contributed by atoms with Crippen LogP contribution in [0.5, 0.6) is 0 Å².